The van der Waals surface area contributed by atoms with Crippen molar-refractivity contribution in [1.29, 1.82) is 0 Å². The van der Waals surface area contributed by atoms with Crippen molar-refractivity contribution < 1.29 is 26.7 Å². The van der Waals surface area contributed by atoms with E-state index < -0.39 is 34.8 Å². The van der Waals surface area contributed by atoms with E-state index in [1.54, 1.807) is 31.2 Å². The fourth-order valence-corrected chi connectivity index (χ4v) is 2.05. The maximum absolute atomic E-state index is 13.6. The van der Waals surface area contributed by atoms with Crippen LogP contribution < -0.4 is 15.4 Å². The first-order valence-electron chi connectivity index (χ1n) is 6.68. The van der Waals surface area contributed by atoms with E-state index in [0.29, 0.717) is 18.0 Å². The lowest BCUT2D eigenvalue weighted by Crippen LogP contribution is -2.22. The number of rotatable bonds is 4. The van der Waals surface area contributed by atoms with Gasteiger partial charge < -0.3 is 15.4 Å². The van der Waals surface area contributed by atoms with Crippen LogP contribution in [0.5, 0.6) is 5.75 Å². The Balaban J connectivity index is 2.26. The highest BCUT2D eigenvalue weighted by molar-refractivity contribution is 7.80. The van der Waals surface area contributed by atoms with Crippen LogP contribution in [0.15, 0.2) is 24.3 Å². The maximum atomic E-state index is 13.6. The summed E-state index contributed by atoms with van der Waals surface area (Å²) in [6.45, 7) is 2.11. The van der Waals surface area contributed by atoms with Crippen molar-refractivity contribution in [1.82, 2.24) is 0 Å². The van der Waals surface area contributed by atoms with Crippen molar-refractivity contribution in [3.05, 3.63) is 53.4 Å². The molecule has 9 heteroatoms. The molecule has 0 radical (unpaired) electrons. The fourth-order valence-electron chi connectivity index (χ4n) is 1.83. The Morgan fingerprint density at radius 3 is 2.04 bits per heavy atom. The Hall–Kier alpha value is -2.42. The number of halogens is 5. The molecule has 2 rings (SSSR count). The third-order valence-corrected chi connectivity index (χ3v) is 3.09. The van der Waals surface area contributed by atoms with Gasteiger partial charge in [0.2, 0.25) is 5.82 Å². The summed E-state index contributed by atoms with van der Waals surface area (Å²) in [5, 5.41) is 4.18. The first-order chi connectivity index (χ1) is 11.4. The largest absolute Gasteiger partial charge is 0.492 e. The highest BCUT2D eigenvalue weighted by atomic mass is 32.1. The van der Waals surface area contributed by atoms with Gasteiger partial charge in [0.05, 0.1) is 12.3 Å². The molecular weight excluding hydrogens is 351 g/mol. The molecule has 0 saturated heterocycles. The minimum Gasteiger partial charge on any atom is -0.492 e. The average molecular weight is 362 g/mol. The van der Waals surface area contributed by atoms with Crippen LogP contribution in [0.4, 0.5) is 33.3 Å². The van der Waals surface area contributed by atoms with Crippen molar-refractivity contribution in [2.45, 2.75) is 6.92 Å². The van der Waals surface area contributed by atoms with E-state index in [4.69, 9.17) is 17.0 Å². The zero-order valence-electron chi connectivity index (χ0n) is 12.2. The number of nitrogens with one attached hydrogen (secondary N) is 2. The predicted molar refractivity (Wildman–Crippen MR) is 83.7 cm³/mol. The lowest BCUT2D eigenvalue weighted by atomic mass is 10.2. The second-order valence-electron chi connectivity index (χ2n) is 4.45. The summed E-state index contributed by atoms with van der Waals surface area (Å²) < 4.78 is 71.9. The molecule has 3 nitrogen and oxygen atoms in total. The minimum absolute atomic E-state index is 0.358. The van der Waals surface area contributed by atoms with Gasteiger partial charge in [-0.1, -0.05) is 12.1 Å². The smallest absolute Gasteiger partial charge is 0.200 e. The summed E-state index contributed by atoms with van der Waals surface area (Å²) >= 11 is 4.85. The van der Waals surface area contributed by atoms with Crippen LogP contribution in [-0.2, 0) is 0 Å². The molecule has 2 N–H and O–H groups in total. The van der Waals surface area contributed by atoms with Gasteiger partial charge in [0.25, 0.3) is 0 Å². The SMILES string of the molecule is CCOc1ccccc1NC(=S)Nc1c(F)c(F)c(F)c(F)c1F. The van der Waals surface area contributed by atoms with E-state index in [-0.39, 0.29) is 5.11 Å². The summed E-state index contributed by atoms with van der Waals surface area (Å²) in [6, 6.07) is 6.52. The fraction of sp³-hybridized carbons (Fsp3) is 0.133. The first kappa shape index (κ1) is 17.9. The van der Waals surface area contributed by atoms with Crippen LogP contribution in [-0.4, -0.2) is 11.7 Å². The molecule has 128 valence electrons. The summed E-state index contributed by atoms with van der Waals surface area (Å²) in [6.07, 6.45) is 0. The summed E-state index contributed by atoms with van der Waals surface area (Å²) in [7, 11) is 0. The van der Waals surface area contributed by atoms with Gasteiger partial charge in [-0.2, -0.15) is 0 Å². The summed E-state index contributed by atoms with van der Waals surface area (Å²) in [4.78, 5) is 0. The molecule has 0 fully saturated rings. The normalized spacial score (nSPS) is 10.4. The van der Waals surface area contributed by atoms with E-state index in [9.17, 15) is 22.0 Å². The highest BCUT2D eigenvalue weighted by Crippen LogP contribution is 2.28. The van der Waals surface area contributed by atoms with E-state index >= 15 is 0 Å². The standard InChI is InChI=1S/C15H11F5N2OS/c1-2-23-8-6-4-3-5-7(8)21-15(24)22-14-12(19)10(17)9(16)11(18)13(14)20/h3-6H,2H2,1H3,(H2,21,22,24). The molecule has 0 spiro atoms. The van der Waals surface area contributed by atoms with Gasteiger partial charge in [-0.15, -0.1) is 0 Å². The molecule has 0 heterocycles. The zero-order chi connectivity index (χ0) is 17.9. The second kappa shape index (κ2) is 7.43. The van der Waals surface area contributed by atoms with Crippen LogP contribution in [0.3, 0.4) is 0 Å². The Bertz CT molecular complexity index is 756. The highest BCUT2D eigenvalue weighted by Gasteiger charge is 2.26. The Labute approximate surface area is 139 Å². The molecule has 24 heavy (non-hydrogen) atoms. The van der Waals surface area contributed by atoms with E-state index in [2.05, 4.69) is 5.32 Å². The van der Waals surface area contributed by atoms with Gasteiger partial charge in [0, 0.05) is 0 Å². The molecule has 0 aliphatic carbocycles. The number of anilines is 2. The van der Waals surface area contributed by atoms with Gasteiger partial charge >= 0.3 is 0 Å². The predicted octanol–water partition coefficient (Wildman–Crippen LogP) is 4.59. The summed E-state index contributed by atoms with van der Waals surface area (Å²) in [5.41, 5.74) is -0.876. The minimum atomic E-state index is -2.24. The van der Waals surface area contributed by atoms with Crippen LogP contribution in [0, 0.1) is 29.1 Å². The molecule has 2 aromatic carbocycles. The zero-order valence-corrected chi connectivity index (χ0v) is 13.0. The van der Waals surface area contributed by atoms with Gasteiger partial charge in [-0.05, 0) is 31.3 Å². The van der Waals surface area contributed by atoms with Crippen LogP contribution in [0.25, 0.3) is 0 Å². The van der Waals surface area contributed by atoms with E-state index in [0.717, 1.165) is 0 Å². The van der Waals surface area contributed by atoms with Crippen molar-refractivity contribution in [2.24, 2.45) is 0 Å². The summed E-state index contributed by atoms with van der Waals surface area (Å²) in [5.74, 6) is -9.97. The van der Waals surface area contributed by atoms with Crippen molar-refractivity contribution in [2.75, 3.05) is 17.2 Å². The van der Waals surface area contributed by atoms with Crippen LogP contribution in [0.1, 0.15) is 6.92 Å². The third-order valence-electron chi connectivity index (χ3n) is 2.88. The van der Waals surface area contributed by atoms with Gasteiger partial charge in [0.15, 0.2) is 28.4 Å². The Morgan fingerprint density at radius 1 is 0.917 bits per heavy atom. The monoisotopic (exact) mass is 362 g/mol. The quantitative estimate of drug-likeness (QED) is 0.361. The number of ether oxygens (including phenoxy) is 1. The first-order valence-corrected chi connectivity index (χ1v) is 7.08. The van der Waals surface area contributed by atoms with Crippen LogP contribution in [0.2, 0.25) is 0 Å². The molecule has 0 amide bonds. The molecule has 0 aromatic heterocycles. The van der Waals surface area contributed by atoms with Gasteiger partial charge in [-0.3, -0.25) is 0 Å². The Kier molecular flexibility index (Phi) is 5.55. The van der Waals surface area contributed by atoms with E-state index in [1.807, 2.05) is 5.32 Å². The molecule has 0 bridgehead atoms. The van der Waals surface area contributed by atoms with Crippen molar-refractivity contribution >= 4 is 28.7 Å². The lowest BCUT2D eigenvalue weighted by Gasteiger charge is -2.15. The molecule has 0 saturated carbocycles. The topological polar surface area (TPSA) is 33.3 Å². The second-order valence-corrected chi connectivity index (χ2v) is 4.86. The number of benzene rings is 2. The van der Waals surface area contributed by atoms with Gasteiger partial charge in [-0.25, -0.2) is 22.0 Å². The van der Waals surface area contributed by atoms with Crippen molar-refractivity contribution in [3.8, 4) is 5.75 Å². The maximum Gasteiger partial charge on any atom is 0.200 e. The Morgan fingerprint density at radius 2 is 1.46 bits per heavy atom. The molecule has 0 unspecified atom stereocenters. The molecule has 0 aliphatic rings. The molecule has 0 aliphatic heterocycles. The number of hydrogen-bond donors (Lipinski definition) is 2. The molecule has 2 aromatic rings. The molecular formula is C15H11F5N2OS. The van der Waals surface area contributed by atoms with Crippen LogP contribution >= 0.6 is 12.2 Å². The number of para-hydroxylation sites is 2. The lowest BCUT2D eigenvalue weighted by molar-refractivity contribution is 0.342. The number of thiocarbonyl (C=S) groups is 1. The third kappa shape index (κ3) is 3.56. The number of hydrogen-bond acceptors (Lipinski definition) is 2. The van der Waals surface area contributed by atoms with E-state index in [1.165, 1.54) is 0 Å². The molecule has 0 atom stereocenters. The average Bonchev–Trinajstić information content (AvgIpc) is 2.57. The van der Waals surface area contributed by atoms with Crippen molar-refractivity contribution in [3.63, 3.8) is 0 Å². The van der Waals surface area contributed by atoms with Gasteiger partial charge in [0.1, 0.15) is 11.4 Å².